The monoisotopic (exact) mass is 272 g/mol. The first-order valence-electron chi connectivity index (χ1n) is 5.87. The molecule has 0 spiro atoms. The summed E-state index contributed by atoms with van der Waals surface area (Å²) in [6.07, 6.45) is 4.51. The van der Waals surface area contributed by atoms with E-state index >= 15 is 0 Å². The van der Waals surface area contributed by atoms with Crippen molar-refractivity contribution in [2.24, 2.45) is 0 Å². The maximum Gasteiger partial charge on any atom is 0.248 e. The van der Waals surface area contributed by atoms with Crippen LogP contribution in [-0.2, 0) is 10.0 Å². The van der Waals surface area contributed by atoms with Crippen LogP contribution in [0.5, 0.6) is 0 Å². The summed E-state index contributed by atoms with van der Waals surface area (Å²) in [4.78, 5) is 14.0. The second-order valence-corrected chi connectivity index (χ2v) is 6.16. The van der Waals surface area contributed by atoms with Crippen molar-refractivity contribution in [1.29, 1.82) is 0 Å². The van der Waals surface area contributed by atoms with Gasteiger partial charge >= 0.3 is 0 Å². The van der Waals surface area contributed by atoms with Crippen LogP contribution in [0.15, 0.2) is 28.2 Å². The number of nitrogens with zero attached hydrogens (tertiary/aromatic N) is 1. The number of rotatable bonds is 4. The lowest BCUT2D eigenvalue weighted by atomic mass is 10.2. The van der Waals surface area contributed by atoms with Crippen LogP contribution in [-0.4, -0.2) is 42.0 Å². The van der Waals surface area contributed by atoms with E-state index in [1.54, 1.807) is 0 Å². The minimum absolute atomic E-state index is 0.0537. The Bertz CT molecular complexity index is 566. The molecule has 2 rings (SSSR count). The Labute approximate surface area is 105 Å². The van der Waals surface area contributed by atoms with Gasteiger partial charge in [-0.25, -0.2) is 8.42 Å². The van der Waals surface area contributed by atoms with Crippen LogP contribution >= 0.6 is 0 Å². The van der Waals surface area contributed by atoms with Crippen LogP contribution in [0.25, 0.3) is 0 Å². The summed E-state index contributed by atoms with van der Waals surface area (Å²) in [5.74, 6) is 0. The van der Waals surface area contributed by atoms with Crippen LogP contribution in [0.4, 0.5) is 0 Å². The average Bonchev–Trinajstić information content (AvgIpc) is 2.79. The number of sulfonamides is 1. The van der Waals surface area contributed by atoms with Gasteiger partial charge in [0.15, 0.2) is 0 Å². The number of aliphatic hydroxyl groups excluding tert-OH is 1. The van der Waals surface area contributed by atoms with Crippen molar-refractivity contribution < 1.29 is 13.5 Å². The first-order chi connectivity index (χ1) is 8.57. The normalized spacial score (nSPS) is 21.3. The number of H-pyrrole nitrogens is 1. The first-order valence-corrected chi connectivity index (χ1v) is 7.31. The Morgan fingerprint density at radius 1 is 1.50 bits per heavy atom. The smallest absolute Gasteiger partial charge is 0.248 e. The van der Waals surface area contributed by atoms with E-state index in [0.717, 1.165) is 12.8 Å². The lowest BCUT2D eigenvalue weighted by Crippen LogP contribution is -2.38. The van der Waals surface area contributed by atoms with Crippen LogP contribution in [0.1, 0.15) is 19.3 Å². The zero-order valence-electron chi connectivity index (χ0n) is 9.87. The molecule has 0 aromatic carbocycles. The topological polar surface area (TPSA) is 90.5 Å². The van der Waals surface area contributed by atoms with Gasteiger partial charge in [-0.05, 0) is 19.3 Å². The summed E-state index contributed by atoms with van der Waals surface area (Å²) >= 11 is 0. The second-order valence-electron chi connectivity index (χ2n) is 4.30. The van der Waals surface area contributed by atoms with Crippen LogP contribution in [0, 0.1) is 0 Å². The van der Waals surface area contributed by atoms with E-state index in [4.69, 9.17) is 5.11 Å². The highest BCUT2D eigenvalue weighted by Crippen LogP contribution is 2.26. The number of pyridine rings is 1. The number of hydrogen-bond donors (Lipinski definition) is 2. The number of aromatic nitrogens is 1. The molecule has 1 atom stereocenters. The Kier molecular flexibility index (Phi) is 3.84. The molecule has 2 heterocycles. The van der Waals surface area contributed by atoms with E-state index < -0.39 is 15.5 Å². The first kappa shape index (κ1) is 13.3. The third-order valence-electron chi connectivity index (χ3n) is 3.16. The quantitative estimate of drug-likeness (QED) is 0.801. The molecule has 2 N–H and O–H groups in total. The Hall–Kier alpha value is -1.18. The summed E-state index contributed by atoms with van der Waals surface area (Å²) < 4.78 is 26.1. The fraction of sp³-hybridized carbons (Fsp3) is 0.545. The second kappa shape index (κ2) is 5.21. The molecule has 1 aromatic heterocycles. The highest BCUT2D eigenvalue weighted by atomic mass is 32.2. The third-order valence-corrected chi connectivity index (χ3v) is 5.13. The zero-order valence-corrected chi connectivity index (χ0v) is 10.7. The standard InChI is InChI=1S/C11H16N2O4S/c14-7-4-9-2-1-6-13(9)18(16,17)11-8-12-5-3-10(11)15/h3,5,8-9,14H,1-2,4,6-7H2,(H,12,15). The predicted octanol–water partition coefficient (Wildman–Crippen LogP) is -0.0896. The lowest BCUT2D eigenvalue weighted by Gasteiger charge is -2.22. The summed E-state index contributed by atoms with van der Waals surface area (Å²) in [5, 5.41) is 8.95. The van der Waals surface area contributed by atoms with Gasteiger partial charge in [0.05, 0.1) is 0 Å². The van der Waals surface area contributed by atoms with E-state index in [9.17, 15) is 13.2 Å². The number of aliphatic hydroxyl groups is 1. The van der Waals surface area contributed by atoms with Gasteiger partial charge in [0.25, 0.3) is 0 Å². The van der Waals surface area contributed by atoms with Gasteiger partial charge < -0.3 is 10.1 Å². The summed E-state index contributed by atoms with van der Waals surface area (Å²) in [6.45, 7) is 0.350. The lowest BCUT2D eigenvalue weighted by molar-refractivity contribution is 0.246. The molecule has 1 aliphatic heterocycles. The molecular formula is C11H16N2O4S. The summed E-state index contributed by atoms with van der Waals surface area (Å²) in [6, 6.07) is 0.990. The highest BCUT2D eigenvalue weighted by molar-refractivity contribution is 7.89. The third kappa shape index (κ3) is 2.33. The van der Waals surface area contributed by atoms with Gasteiger partial charge in [-0.15, -0.1) is 0 Å². The minimum atomic E-state index is -3.76. The number of nitrogens with one attached hydrogen (secondary N) is 1. The molecule has 6 nitrogen and oxygen atoms in total. The van der Waals surface area contributed by atoms with Crippen molar-refractivity contribution in [3.63, 3.8) is 0 Å². The summed E-state index contributed by atoms with van der Waals surface area (Å²) in [7, 11) is -3.76. The minimum Gasteiger partial charge on any atom is -0.396 e. The van der Waals surface area contributed by atoms with Crippen LogP contribution in [0.3, 0.4) is 0 Å². The molecule has 0 amide bonds. The Morgan fingerprint density at radius 2 is 2.28 bits per heavy atom. The van der Waals surface area contributed by atoms with Gasteiger partial charge in [0.1, 0.15) is 4.90 Å². The molecule has 1 fully saturated rings. The zero-order chi connectivity index (χ0) is 13.2. The molecule has 1 unspecified atom stereocenters. The molecule has 7 heteroatoms. The van der Waals surface area contributed by atoms with E-state index in [1.807, 2.05) is 0 Å². The molecule has 0 aliphatic carbocycles. The van der Waals surface area contributed by atoms with Crippen molar-refractivity contribution in [1.82, 2.24) is 9.29 Å². The van der Waals surface area contributed by atoms with Crippen LogP contribution in [0.2, 0.25) is 0 Å². The van der Waals surface area contributed by atoms with Crippen molar-refractivity contribution in [3.8, 4) is 0 Å². The molecule has 1 aromatic rings. The highest BCUT2D eigenvalue weighted by Gasteiger charge is 2.35. The fourth-order valence-corrected chi connectivity index (χ4v) is 4.06. The van der Waals surface area contributed by atoms with Gasteiger partial charge in [-0.2, -0.15) is 4.31 Å². The molecule has 1 saturated heterocycles. The van der Waals surface area contributed by atoms with Crippen molar-refractivity contribution in [2.45, 2.75) is 30.2 Å². The molecule has 100 valence electrons. The van der Waals surface area contributed by atoms with E-state index in [0.29, 0.717) is 13.0 Å². The van der Waals surface area contributed by atoms with Crippen molar-refractivity contribution >= 4 is 10.0 Å². The van der Waals surface area contributed by atoms with Gasteiger partial charge in [0, 0.05) is 37.7 Å². The molecule has 0 saturated carbocycles. The Balaban J connectivity index is 2.37. The van der Waals surface area contributed by atoms with Gasteiger partial charge in [-0.1, -0.05) is 0 Å². The molecule has 0 bridgehead atoms. The molecule has 0 radical (unpaired) electrons. The van der Waals surface area contributed by atoms with Crippen molar-refractivity contribution in [2.75, 3.05) is 13.2 Å². The Morgan fingerprint density at radius 3 is 2.94 bits per heavy atom. The number of hydrogen-bond acceptors (Lipinski definition) is 4. The molecular weight excluding hydrogens is 256 g/mol. The van der Waals surface area contributed by atoms with E-state index in [-0.39, 0.29) is 17.5 Å². The largest absolute Gasteiger partial charge is 0.396 e. The maximum absolute atomic E-state index is 12.4. The van der Waals surface area contributed by atoms with Gasteiger partial charge in [0.2, 0.25) is 15.5 Å². The van der Waals surface area contributed by atoms with Crippen LogP contribution < -0.4 is 5.43 Å². The number of aromatic amines is 1. The summed E-state index contributed by atoms with van der Waals surface area (Å²) in [5.41, 5.74) is -0.511. The fourth-order valence-electron chi connectivity index (χ4n) is 2.29. The van der Waals surface area contributed by atoms with E-state index in [2.05, 4.69) is 4.98 Å². The SMILES string of the molecule is O=c1cc[nH]cc1S(=O)(=O)N1CCCC1CCO. The maximum atomic E-state index is 12.4. The average molecular weight is 272 g/mol. The van der Waals surface area contributed by atoms with E-state index in [1.165, 1.54) is 22.8 Å². The van der Waals surface area contributed by atoms with Gasteiger partial charge in [-0.3, -0.25) is 4.79 Å². The molecule has 18 heavy (non-hydrogen) atoms. The predicted molar refractivity (Wildman–Crippen MR) is 65.7 cm³/mol. The molecule has 1 aliphatic rings. The van der Waals surface area contributed by atoms with Crippen molar-refractivity contribution in [3.05, 3.63) is 28.7 Å².